The van der Waals surface area contributed by atoms with E-state index in [1.54, 1.807) is 20.1 Å². The number of alkyl halides is 8. The minimum absolute atomic E-state index is 0.00209. The number of benzene rings is 2. The van der Waals surface area contributed by atoms with Gasteiger partial charge in [0.25, 0.3) is 5.92 Å². The first kappa shape index (κ1) is 56.5. The number of urea groups is 1. The molecule has 0 saturated carbocycles. The fourth-order valence-electron chi connectivity index (χ4n) is 7.90. The number of aliphatic hydroxyl groups excluding tert-OH is 1. The Morgan fingerprint density at radius 1 is 1.04 bits per heavy atom. The standard InChI is InChI=1S/C44H44ClF10N9O3S2.CH4O/c1-23-20-42(48,49)38-33(23)37(44(53,54)55)59-62(38)21-32(65)58-31(18-24-16-25(46)19-26(47)17-24)35-28(9-8-27(57-35)12-13-41(2,3)68-5)29-10-11-30(45)34-36(29)63(22-43(50,51)52)60-39(34)64(69(6)67)40(66)61(4)15-7-14-56;1-2/h8-11,16-17,19,23,31H,7,14-15,18,20-22,56H2,1-6H3,(H,58,65);2H,1H3/t23-,31?,69?;/m0./s1. The Kier molecular flexibility index (Phi) is 17.6. The predicted octanol–water partition coefficient (Wildman–Crippen LogP) is 9.11. The Morgan fingerprint density at radius 2 is 1.68 bits per heavy atom. The van der Waals surface area contributed by atoms with E-state index in [0.717, 1.165) is 37.3 Å². The molecule has 0 fully saturated rings. The number of nitrogens with one attached hydrogen (secondary N) is 1. The van der Waals surface area contributed by atoms with Gasteiger partial charge in [0, 0.05) is 56.1 Å². The SMILES string of the molecule is CO.CSC(C)(C)C#Cc1ccc(-c2ccc(Cl)c3c(N(C(=O)N(C)CCCN)S(C)=O)nn(CC(F)(F)F)c23)c(C(Cc2cc(F)cc(F)c2)NC(=O)Cn2nc(C(F)(F)F)c3c2C(F)(F)C[C@@H]3C)n1. The van der Waals surface area contributed by atoms with Crippen LogP contribution in [0.1, 0.15) is 79.5 Å². The number of anilines is 1. The largest absolute Gasteiger partial charge is 0.435 e. The highest BCUT2D eigenvalue weighted by molar-refractivity contribution is 8.00. The van der Waals surface area contributed by atoms with Gasteiger partial charge in [-0.25, -0.2) is 22.8 Å². The van der Waals surface area contributed by atoms with E-state index in [0.29, 0.717) is 21.5 Å². The number of nitrogens with zero attached hydrogens (tertiary/aromatic N) is 7. The van der Waals surface area contributed by atoms with Gasteiger partial charge in [0.15, 0.2) is 11.5 Å². The molecule has 1 aliphatic carbocycles. The maximum Gasteiger partial charge on any atom is 0.435 e. The van der Waals surface area contributed by atoms with Crippen LogP contribution in [0.5, 0.6) is 0 Å². The van der Waals surface area contributed by atoms with Crippen LogP contribution in [0.3, 0.4) is 0 Å². The van der Waals surface area contributed by atoms with E-state index >= 15 is 8.78 Å². The summed E-state index contributed by atoms with van der Waals surface area (Å²) in [6.45, 7) is 1.94. The van der Waals surface area contributed by atoms with Crippen LogP contribution in [0.15, 0.2) is 42.5 Å². The molecule has 3 aromatic heterocycles. The van der Waals surface area contributed by atoms with E-state index in [4.69, 9.17) is 27.4 Å². The third-order valence-electron chi connectivity index (χ3n) is 11.0. The molecule has 3 atom stereocenters. The van der Waals surface area contributed by atoms with Gasteiger partial charge in [-0.2, -0.15) is 49.6 Å². The summed E-state index contributed by atoms with van der Waals surface area (Å²) in [5.41, 5.74) is 1.08. The fraction of sp³-hybridized carbons (Fsp3) is 0.444. The highest BCUT2D eigenvalue weighted by Crippen LogP contribution is 2.52. The summed E-state index contributed by atoms with van der Waals surface area (Å²) < 4.78 is 161. The normalized spacial score (nSPS) is 15.3. The van der Waals surface area contributed by atoms with Gasteiger partial charge in [-0.3, -0.25) is 14.2 Å². The molecule has 13 nitrogen and oxygen atoms in total. The van der Waals surface area contributed by atoms with Crippen LogP contribution < -0.4 is 15.4 Å². The van der Waals surface area contributed by atoms with E-state index < -0.39 is 124 Å². The highest BCUT2D eigenvalue weighted by Gasteiger charge is 2.53. The summed E-state index contributed by atoms with van der Waals surface area (Å²) in [4.78, 5) is 33.8. The van der Waals surface area contributed by atoms with Crippen molar-refractivity contribution in [2.45, 2.75) is 88.1 Å². The monoisotopic (exact) mass is 1070 g/mol. The molecule has 0 saturated heterocycles. The van der Waals surface area contributed by atoms with E-state index in [1.807, 2.05) is 0 Å². The summed E-state index contributed by atoms with van der Waals surface area (Å²) in [6, 6.07) is 5.05. The minimum atomic E-state index is -5.19. The van der Waals surface area contributed by atoms with E-state index in [-0.39, 0.29) is 56.3 Å². The molecular formula is C45H48ClF10N9O4S2. The van der Waals surface area contributed by atoms with Crippen molar-refractivity contribution >= 4 is 63.0 Å². The zero-order valence-corrected chi connectivity index (χ0v) is 41.4. The van der Waals surface area contributed by atoms with Gasteiger partial charge in [-0.15, -0.1) is 11.8 Å². The van der Waals surface area contributed by atoms with Gasteiger partial charge in [-0.05, 0) is 87.2 Å². The molecule has 6 rings (SSSR count). The Bertz CT molecular complexity index is 2860. The lowest BCUT2D eigenvalue weighted by Crippen LogP contribution is -2.43. The molecule has 26 heteroatoms. The van der Waals surface area contributed by atoms with E-state index in [9.17, 15) is 48.9 Å². The van der Waals surface area contributed by atoms with Gasteiger partial charge in [0.1, 0.15) is 47.1 Å². The number of fused-ring (bicyclic) bond motifs is 2. The van der Waals surface area contributed by atoms with Crippen LogP contribution in [-0.2, 0) is 47.4 Å². The first-order valence-corrected chi connectivity index (χ1v) is 24.4. The molecule has 0 spiro atoms. The molecule has 0 bridgehead atoms. The van der Waals surface area contributed by atoms with Crippen molar-refractivity contribution in [2.24, 2.45) is 5.73 Å². The van der Waals surface area contributed by atoms with Gasteiger partial charge in [0.05, 0.1) is 32.4 Å². The summed E-state index contributed by atoms with van der Waals surface area (Å²) in [6.07, 6.45) is -8.56. The van der Waals surface area contributed by atoms with Crippen molar-refractivity contribution in [2.75, 3.05) is 44.1 Å². The lowest BCUT2D eigenvalue weighted by atomic mass is 9.93. The van der Waals surface area contributed by atoms with Gasteiger partial charge in [-0.1, -0.05) is 30.5 Å². The molecule has 3 amide bonds. The quantitative estimate of drug-likeness (QED) is 0.0727. The molecule has 71 heavy (non-hydrogen) atoms. The summed E-state index contributed by atoms with van der Waals surface area (Å²) in [7, 11) is 0.0679. The van der Waals surface area contributed by atoms with Crippen LogP contribution in [0, 0.1) is 23.5 Å². The average Bonchev–Trinajstić information content (AvgIpc) is 3.91. The molecule has 1 aliphatic rings. The van der Waals surface area contributed by atoms with E-state index in [2.05, 4.69) is 27.4 Å². The number of amides is 3. The van der Waals surface area contributed by atoms with Crippen molar-refractivity contribution in [3.8, 4) is 23.0 Å². The average molecular weight is 1070 g/mol. The number of aromatic nitrogens is 5. The molecule has 0 radical (unpaired) electrons. The maximum absolute atomic E-state index is 15.4. The number of carbonyl (C=O) groups excluding carboxylic acids is 2. The number of hydrogen-bond acceptors (Lipinski definition) is 9. The molecule has 0 aliphatic heterocycles. The van der Waals surface area contributed by atoms with Crippen LogP contribution in [0.25, 0.3) is 22.0 Å². The predicted molar refractivity (Wildman–Crippen MR) is 250 cm³/mol. The highest BCUT2D eigenvalue weighted by atomic mass is 35.5. The molecule has 2 unspecified atom stereocenters. The second kappa shape index (κ2) is 22.1. The van der Waals surface area contributed by atoms with Crippen molar-refractivity contribution in [3.05, 3.63) is 93.0 Å². The number of rotatable bonds is 14. The smallest absolute Gasteiger partial charge is 0.400 e. The van der Waals surface area contributed by atoms with Crippen LogP contribution >= 0.6 is 23.4 Å². The maximum atomic E-state index is 15.4. The second-order valence-corrected chi connectivity index (χ2v) is 19.8. The number of aliphatic hydroxyl groups is 1. The van der Waals surface area contributed by atoms with Crippen LogP contribution in [0.4, 0.5) is 54.5 Å². The molecule has 2 aromatic carbocycles. The summed E-state index contributed by atoms with van der Waals surface area (Å²) in [5.74, 6) is -3.10. The fourth-order valence-corrected chi connectivity index (χ4v) is 9.02. The van der Waals surface area contributed by atoms with Gasteiger partial charge in [0.2, 0.25) is 5.91 Å². The topological polar surface area (TPSA) is 164 Å². The lowest BCUT2D eigenvalue weighted by molar-refractivity contribution is -0.143. The summed E-state index contributed by atoms with van der Waals surface area (Å²) >= 11 is 8.10. The minimum Gasteiger partial charge on any atom is -0.400 e. The van der Waals surface area contributed by atoms with Gasteiger partial charge >= 0.3 is 18.4 Å². The Labute approximate surface area is 413 Å². The number of nitrogens with two attached hydrogens (primary N) is 1. The number of pyridine rings is 1. The third kappa shape index (κ3) is 13.0. The first-order valence-electron chi connectivity index (χ1n) is 21.2. The molecule has 3 heterocycles. The summed E-state index contributed by atoms with van der Waals surface area (Å²) in [5, 5.41) is 16.6. The Balaban J connectivity index is 0.00000463. The molecule has 386 valence electrons. The number of halogens is 11. The zero-order valence-electron chi connectivity index (χ0n) is 39.0. The van der Waals surface area contributed by atoms with Crippen molar-refractivity contribution in [3.63, 3.8) is 0 Å². The number of carbonyl (C=O) groups is 2. The third-order valence-corrected chi connectivity index (χ3v) is 13.3. The Morgan fingerprint density at radius 3 is 2.25 bits per heavy atom. The molecule has 4 N–H and O–H groups in total. The number of hydrogen-bond donors (Lipinski definition) is 3. The lowest BCUT2D eigenvalue weighted by Gasteiger charge is -2.25. The Hall–Kier alpha value is -5.42. The first-order chi connectivity index (χ1) is 33.0. The van der Waals surface area contributed by atoms with Gasteiger partial charge < -0.3 is 21.1 Å². The van der Waals surface area contributed by atoms with E-state index in [1.165, 1.54) is 43.1 Å². The zero-order chi connectivity index (χ0) is 53.1. The van der Waals surface area contributed by atoms with Crippen LogP contribution in [0.2, 0.25) is 5.02 Å². The van der Waals surface area contributed by atoms with Crippen molar-refractivity contribution in [1.29, 1.82) is 0 Å². The van der Waals surface area contributed by atoms with Crippen LogP contribution in [-0.4, -0.2) is 101 Å². The number of thioether (sulfide) groups is 1. The second-order valence-electron chi connectivity index (χ2n) is 16.8. The van der Waals surface area contributed by atoms with Crippen molar-refractivity contribution < 1.29 is 62.8 Å². The van der Waals surface area contributed by atoms with Crippen molar-refractivity contribution in [1.82, 2.24) is 34.8 Å². The molecular weight excluding hydrogens is 1020 g/mol. The molecule has 5 aromatic rings.